The Morgan fingerprint density at radius 3 is 2.40 bits per heavy atom. The Labute approximate surface area is 154 Å². The predicted octanol–water partition coefficient (Wildman–Crippen LogP) is 5.38. The number of hydrogen-bond donors (Lipinski definition) is 2. The zero-order chi connectivity index (χ0) is 18.2. The van der Waals surface area contributed by atoms with E-state index in [1.165, 1.54) is 5.56 Å². The Balaban J connectivity index is 2.45. The lowest BCUT2D eigenvalue weighted by Gasteiger charge is -2.24. The summed E-state index contributed by atoms with van der Waals surface area (Å²) in [5.41, 5.74) is 4.82. The first-order valence-electron chi connectivity index (χ1n) is 8.31. The second kappa shape index (κ2) is 9.30. The van der Waals surface area contributed by atoms with E-state index in [2.05, 4.69) is 31.2 Å². The first-order valence-corrected chi connectivity index (χ1v) is 8.69. The maximum Gasteiger partial charge on any atom is 0.0953 e. The van der Waals surface area contributed by atoms with Crippen LogP contribution in [-0.2, 0) is 6.54 Å². The van der Waals surface area contributed by atoms with E-state index in [-0.39, 0.29) is 6.61 Å². The summed E-state index contributed by atoms with van der Waals surface area (Å²) in [4.78, 5) is 1.94. The molecule has 0 amide bonds. The molecular formula is C21H24ClNO2. The van der Waals surface area contributed by atoms with Crippen molar-refractivity contribution in [2.75, 3.05) is 11.5 Å². The smallest absolute Gasteiger partial charge is 0.0953 e. The van der Waals surface area contributed by atoms with E-state index in [9.17, 15) is 10.2 Å². The fourth-order valence-corrected chi connectivity index (χ4v) is 2.98. The third-order valence-electron chi connectivity index (χ3n) is 4.10. The van der Waals surface area contributed by atoms with Gasteiger partial charge in [0.15, 0.2) is 0 Å². The SMILES string of the molecule is CC/C(CO)=C(/Cl)c1ccccc1N(/C=C/O)Cc1ccc(C)cc1. The maximum absolute atomic E-state index is 9.54. The summed E-state index contributed by atoms with van der Waals surface area (Å²) in [7, 11) is 0. The molecule has 4 heteroatoms. The van der Waals surface area contributed by atoms with Gasteiger partial charge in [-0.15, -0.1) is 0 Å². The van der Waals surface area contributed by atoms with Crippen LogP contribution in [0.25, 0.3) is 5.03 Å². The highest BCUT2D eigenvalue weighted by Gasteiger charge is 2.14. The van der Waals surface area contributed by atoms with Gasteiger partial charge in [-0.05, 0) is 30.5 Å². The number of hydrogen-bond acceptors (Lipinski definition) is 3. The molecule has 0 heterocycles. The topological polar surface area (TPSA) is 43.7 Å². The van der Waals surface area contributed by atoms with Gasteiger partial charge in [0, 0.05) is 24.0 Å². The Hall–Kier alpha value is -2.23. The minimum atomic E-state index is -0.0720. The average molecular weight is 358 g/mol. The van der Waals surface area contributed by atoms with Crippen LogP contribution in [0.5, 0.6) is 0 Å². The van der Waals surface area contributed by atoms with Gasteiger partial charge in [-0.1, -0.05) is 66.6 Å². The molecule has 0 saturated carbocycles. The zero-order valence-corrected chi connectivity index (χ0v) is 15.4. The lowest BCUT2D eigenvalue weighted by molar-refractivity contribution is 0.328. The number of anilines is 1. The molecule has 2 aromatic carbocycles. The molecule has 0 bridgehead atoms. The molecule has 0 aliphatic rings. The summed E-state index contributed by atoms with van der Waals surface area (Å²) in [6.07, 6.45) is 3.32. The van der Waals surface area contributed by atoms with Crippen LogP contribution in [-0.4, -0.2) is 16.8 Å². The highest BCUT2D eigenvalue weighted by molar-refractivity contribution is 6.49. The standard InChI is InChI=1S/C21H24ClNO2/c1-3-18(15-25)21(22)19-6-4-5-7-20(19)23(12-13-24)14-17-10-8-16(2)9-11-17/h4-13,24-25H,3,14-15H2,1-2H3/b13-12+,21-18-. The third kappa shape index (κ3) is 4.88. The van der Waals surface area contributed by atoms with E-state index in [1.54, 1.807) is 6.20 Å². The maximum atomic E-state index is 9.54. The van der Waals surface area contributed by atoms with Crippen molar-refractivity contribution < 1.29 is 10.2 Å². The molecule has 132 valence electrons. The molecule has 0 unspecified atom stereocenters. The van der Waals surface area contributed by atoms with Gasteiger partial charge >= 0.3 is 0 Å². The largest absolute Gasteiger partial charge is 0.514 e. The lowest BCUT2D eigenvalue weighted by Crippen LogP contribution is -2.17. The third-order valence-corrected chi connectivity index (χ3v) is 4.57. The summed E-state index contributed by atoms with van der Waals surface area (Å²) in [6.45, 7) is 4.54. The monoisotopic (exact) mass is 357 g/mol. The van der Waals surface area contributed by atoms with Crippen molar-refractivity contribution in [3.05, 3.63) is 83.3 Å². The number of halogens is 1. The van der Waals surface area contributed by atoms with Crippen LogP contribution in [0.3, 0.4) is 0 Å². The number of para-hydroxylation sites is 1. The minimum Gasteiger partial charge on any atom is -0.514 e. The Bertz CT molecular complexity index is 745. The number of rotatable bonds is 7. The van der Waals surface area contributed by atoms with E-state index < -0.39 is 0 Å². The van der Waals surface area contributed by atoms with Crippen LogP contribution < -0.4 is 4.90 Å². The first kappa shape index (κ1) is 19.1. The van der Waals surface area contributed by atoms with Crippen molar-refractivity contribution in [2.45, 2.75) is 26.8 Å². The van der Waals surface area contributed by atoms with Gasteiger partial charge in [-0.3, -0.25) is 0 Å². The van der Waals surface area contributed by atoms with Crippen molar-refractivity contribution in [3.8, 4) is 0 Å². The molecule has 2 N–H and O–H groups in total. The van der Waals surface area contributed by atoms with E-state index in [0.717, 1.165) is 28.6 Å². The molecule has 25 heavy (non-hydrogen) atoms. The van der Waals surface area contributed by atoms with Crippen molar-refractivity contribution in [2.24, 2.45) is 0 Å². The zero-order valence-electron chi connectivity index (χ0n) is 14.6. The van der Waals surface area contributed by atoms with Crippen LogP contribution in [0.2, 0.25) is 0 Å². The Morgan fingerprint density at radius 2 is 1.80 bits per heavy atom. The van der Waals surface area contributed by atoms with Crippen LogP contribution in [0.15, 0.2) is 66.6 Å². The van der Waals surface area contributed by atoms with Crippen molar-refractivity contribution in [3.63, 3.8) is 0 Å². The van der Waals surface area contributed by atoms with Gasteiger partial charge in [0.25, 0.3) is 0 Å². The van der Waals surface area contributed by atoms with Crippen molar-refractivity contribution in [1.82, 2.24) is 0 Å². The Morgan fingerprint density at radius 1 is 1.12 bits per heavy atom. The fraction of sp³-hybridized carbons (Fsp3) is 0.238. The Kier molecular flexibility index (Phi) is 7.11. The normalized spacial score (nSPS) is 12.3. The number of aliphatic hydroxyl groups is 2. The first-order chi connectivity index (χ1) is 12.1. The minimum absolute atomic E-state index is 0.0720. The number of nitrogens with zero attached hydrogens (tertiary/aromatic N) is 1. The molecule has 2 rings (SSSR count). The molecule has 2 aromatic rings. The van der Waals surface area contributed by atoms with E-state index in [4.69, 9.17) is 11.6 Å². The summed E-state index contributed by atoms with van der Waals surface area (Å²) < 4.78 is 0. The molecule has 0 atom stereocenters. The van der Waals surface area contributed by atoms with Crippen LogP contribution >= 0.6 is 11.6 Å². The van der Waals surface area contributed by atoms with E-state index in [0.29, 0.717) is 18.0 Å². The van der Waals surface area contributed by atoms with Crippen LogP contribution in [0, 0.1) is 6.92 Å². The van der Waals surface area contributed by atoms with Gasteiger partial charge < -0.3 is 15.1 Å². The molecule has 0 saturated heterocycles. The molecule has 0 spiro atoms. The van der Waals surface area contributed by atoms with E-state index >= 15 is 0 Å². The van der Waals surface area contributed by atoms with E-state index in [1.807, 2.05) is 36.1 Å². The summed E-state index contributed by atoms with van der Waals surface area (Å²) in [5, 5.41) is 19.4. The molecule has 0 aromatic heterocycles. The van der Waals surface area contributed by atoms with Gasteiger partial charge in [-0.2, -0.15) is 0 Å². The number of aryl methyl sites for hydroxylation is 1. The molecular weight excluding hydrogens is 334 g/mol. The van der Waals surface area contributed by atoms with Crippen molar-refractivity contribution in [1.29, 1.82) is 0 Å². The molecule has 0 fully saturated rings. The van der Waals surface area contributed by atoms with Gasteiger partial charge in [0.2, 0.25) is 0 Å². The van der Waals surface area contributed by atoms with Crippen molar-refractivity contribution >= 4 is 22.3 Å². The number of benzene rings is 2. The molecule has 0 radical (unpaired) electrons. The second-order valence-corrected chi connectivity index (χ2v) is 6.24. The van der Waals surface area contributed by atoms with Gasteiger partial charge in [-0.25, -0.2) is 0 Å². The quantitative estimate of drug-likeness (QED) is 0.653. The summed E-state index contributed by atoms with van der Waals surface area (Å²) in [5.74, 6) is 0. The lowest BCUT2D eigenvalue weighted by atomic mass is 10.1. The van der Waals surface area contributed by atoms with Gasteiger partial charge in [0.1, 0.15) is 0 Å². The van der Waals surface area contributed by atoms with Crippen LogP contribution in [0.4, 0.5) is 5.69 Å². The van der Waals surface area contributed by atoms with Gasteiger partial charge in [0.05, 0.1) is 17.9 Å². The van der Waals surface area contributed by atoms with Crippen LogP contribution in [0.1, 0.15) is 30.0 Å². The average Bonchev–Trinajstić information content (AvgIpc) is 2.64. The summed E-state index contributed by atoms with van der Waals surface area (Å²) >= 11 is 6.55. The summed E-state index contributed by atoms with van der Waals surface area (Å²) in [6, 6.07) is 16.0. The highest BCUT2D eigenvalue weighted by Crippen LogP contribution is 2.33. The fourth-order valence-electron chi connectivity index (χ4n) is 2.63. The number of aliphatic hydroxyl groups excluding tert-OH is 2. The molecule has 3 nitrogen and oxygen atoms in total. The highest BCUT2D eigenvalue weighted by atomic mass is 35.5. The predicted molar refractivity (Wildman–Crippen MR) is 106 cm³/mol. The molecule has 0 aliphatic heterocycles. The molecule has 0 aliphatic carbocycles. The second-order valence-electron chi connectivity index (χ2n) is 5.86.